The topological polar surface area (TPSA) is 51.6 Å². The van der Waals surface area contributed by atoms with Crippen molar-refractivity contribution in [1.82, 2.24) is 4.98 Å². The first kappa shape index (κ1) is 14.8. The number of aliphatic hydroxyl groups excluding tert-OH is 1. The highest BCUT2D eigenvalue weighted by atomic mass is 127. The van der Waals surface area contributed by atoms with Gasteiger partial charge in [-0.1, -0.05) is 0 Å². The SMILES string of the molecule is COc1ccc(I)nc1OCC1CC1.OCC1CC1. The molecular weight excluding hydrogens is 357 g/mol. The molecule has 0 aliphatic heterocycles. The summed E-state index contributed by atoms with van der Waals surface area (Å²) in [6.45, 7) is 1.18. The van der Waals surface area contributed by atoms with E-state index in [0.717, 1.165) is 16.2 Å². The summed E-state index contributed by atoms with van der Waals surface area (Å²) in [4.78, 5) is 4.28. The van der Waals surface area contributed by atoms with E-state index in [2.05, 4.69) is 27.6 Å². The third kappa shape index (κ3) is 5.52. The Morgan fingerprint density at radius 2 is 1.95 bits per heavy atom. The molecule has 0 saturated heterocycles. The van der Waals surface area contributed by atoms with Crippen LogP contribution in [0.2, 0.25) is 0 Å². The summed E-state index contributed by atoms with van der Waals surface area (Å²) < 4.78 is 11.7. The molecule has 1 heterocycles. The van der Waals surface area contributed by atoms with Crippen LogP contribution in [-0.4, -0.2) is 30.4 Å². The minimum atomic E-state index is 0.417. The van der Waals surface area contributed by atoms with Crippen LogP contribution in [0.25, 0.3) is 0 Å². The van der Waals surface area contributed by atoms with Gasteiger partial charge in [0.1, 0.15) is 3.70 Å². The number of nitrogens with zero attached hydrogens (tertiary/aromatic N) is 1. The van der Waals surface area contributed by atoms with Crippen molar-refractivity contribution in [3.8, 4) is 11.6 Å². The average molecular weight is 377 g/mol. The van der Waals surface area contributed by atoms with Crippen LogP contribution in [0, 0.1) is 15.5 Å². The lowest BCUT2D eigenvalue weighted by Gasteiger charge is -2.08. The van der Waals surface area contributed by atoms with Gasteiger partial charge in [0.05, 0.1) is 13.7 Å². The van der Waals surface area contributed by atoms with Gasteiger partial charge in [-0.3, -0.25) is 0 Å². The minimum absolute atomic E-state index is 0.417. The smallest absolute Gasteiger partial charge is 0.258 e. The largest absolute Gasteiger partial charge is 0.491 e. The van der Waals surface area contributed by atoms with Crippen molar-refractivity contribution in [2.24, 2.45) is 11.8 Å². The fraction of sp³-hybridized carbons (Fsp3) is 0.643. The zero-order chi connectivity index (χ0) is 13.7. The maximum atomic E-state index is 8.21. The predicted molar refractivity (Wildman–Crippen MR) is 81.5 cm³/mol. The van der Waals surface area contributed by atoms with Crippen LogP contribution >= 0.6 is 22.6 Å². The number of rotatable bonds is 5. The van der Waals surface area contributed by atoms with Crippen LogP contribution in [0.1, 0.15) is 25.7 Å². The molecule has 1 aromatic rings. The van der Waals surface area contributed by atoms with Gasteiger partial charge in [-0.25, -0.2) is 4.98 Å². The van der Waals surface area contributed by atoms with Crippen LogP contribution in [0.4, 0.5) is 0 Å². The van der Waals surface area contributed by atoms with Crippen LogP contribution in [0.3, 0.4) is 0 Å². The third-order valence-corrected chi connectivity index (χ3v) is 3.72. The van der Waals surface area contributed by atoms with Crippen molar-refractivity contribution in [2.75, 3.05) is 20.3 Å². The molecule has 0 spiro atoms. The molecule has 2 fully saturated rings. The van der Waals surface area contributed by atoms with Gasteiger partial charge < -0.3 is 14.6 Å². The van der Waals surface area contributed by atoms with E-state index in [-0.39, 0.29) is 0 Å². The number of aliphatic hydroxyl groups is 1. The normalized spacial score (nSPS) is 17.4. The van der Waals surface area contributed by atoms with Crippen LogP contribution in [-0.2, 0) is 0 Å². The Bertz CT molecular complexity index is 406. The number of hydrogen-bond donors (Lipinski definition) is 1. The van der Waals surface area contributed by atoms with Gasteiger partial charge in [0, 0.05) is 6.61 Å². The molecule has 2 aliphatic rings. The number of methoxy groups -OCH3 is 1. The molecule has 106 valence electrons. The second-order valence-electron chi connectivity index (χ2n) is 5.02. The first-order chi connectivity index (χ1) is 9.22. The second kappa shape index (κ2) is 7.28. The Hall–Kier alpha value is -0.560. The Balaban J connectivity index is 0.000000224. The first-order valence-electron chi connectivity index (χ1n) is 6.67. The van der Waals surface area contributed by atoms with Crippen LogP contribution in [0.5, 0.6) is 11.6 Å². The molecule has 1 N–H and O–H groups in total. The highest BCUT2D eigenvalue weighted by Crippen LogP contribution is 2.31. The van der Waals surface area contributed by atoms with E-state index < -0.39 is 0 Å². The molecule has 4 nitrogen and oxygen atoms in total. The number of aromatic nitrogens is 1. The van der Waals surface area contributed by atoms with E-state index in [1.807, 2.05) is 12.1 Å². The molecule has 2 saturated carbocycles. The molecule has 5 heteroatoms. The number of halogens is 1. The Labute approximate surface area is 127 Å². The molecule has 0 aromatic carbocycles. The van der Waals surface area contributed by atoms with Gasteiger partial charge in [-0.15, -0.1) is 0 Å². The van der Waals surface area contributed by atoms with Gasteiger partial charge in [0.2, 0.25) is 0 Å². The van der Waals surface area contributed by atoms with E-state index in [1.165, 1.54) is 25.7 Å². The van der Waals surface area contributed by atoms with E-state index >= 15 is 0 Å². The summed E-state index contributed by atoms with van der Waals surface area (Å²) in [5.41, 5.74) is 0. The molecule has 3 rings (SSSR count). The lowest BCUT2D eigenvalue weighted by atomic mass is 10.4. The predicted octanol–water partition coefficient (Wildman–Crippen LogP) is 2.87. The van der Waals surface area contributed by atoms with Crippen LogP contribution < -0.4 is 9.47 Å². The summed E-state index contributed by atoms with van der Waals surface area (Å²) in [7, 11) is 1.63. The zero-order valence-electron chi connectivity index (χ0n) is 11.1. The number of pyridine rings is 1. The van der Waals surface area contributed by atoms with Gasteiger partial charge in [0.25, 0.3) is 5.88 Å². The zero-order valence-corrected chi connectivity index (χ0v) is 13.3. The van der Waals surface area contributed by atoms with Crippen molar-refractivity contribution in [3.05, 3.63) is 15.8 Å². The molecule has 19 heavy (non-hydrogen) atoms. The average Bonchev–Trinajstić information content (AvgIpc) is 3.31. The molecule has 2 aliphatic carbocycles. The van der Waals surface area contributed by atoms with Crippen LogP contribution in [0.15, 0.2) is 12.1 Å². The van der Waals surface area contributed by atoms with Crippen molar-refractivity contribution in [3.63, 3.8) is 0 Å². The number of ether oxygens (including phenoxy) is 2. The van der Waals surface area contributed by atoms with Crippen molar-refractivity contribution < 1.29 is 14.6 Å². The highest BCUT2D eigenvalue weighted by Gasteiger charge is 2.23. The monoisotopic (exact) mass is 377 g/mol. The molecule has 0 radical (unpaired) electrons. The van der Waals surface area contributed by atoms with Gasteiger partial charge in [-0.2, -0.15) is 0 Å². The Kier molecular flexibility index (Phi) is 5.69. The molecule has 0 unspecified atom stereocenters. The lowest BCUT2D eigenvalue weighted by molar-refractivity contribution is 0.268. The summed E-state index contributed by atoms with van der Waals surface area (Å²) in [5, 5.41) is 8.21. The Morgan fingerprint density at radius 3 is 2.42 bits per heavy atom. The van der Waals surface area contributed by atoms with Crippen molar-refractivity contribution in [2.45, 2.75) is 25.7 Å². The molecule has 0 bridgehead atoms. The highest BCUT2D eigenvalue weighted by molar-refractivity contribution is 14.1. The summed E-state index contributed by atoms with van der Waals surface area (Å²) in [6.07, 6.45) is 5.09. The van der Waals surface area contributed by atoms with Gasteiger partial charge in [0.15, 0.2) is 5.75 Å². The maximum Gasteiger partial charge on any atom is 0.258 e. The fourth-order valence-electron chi connectivity index (χ4n) is 1.45. The fourth-order valence-corrected chi connectivity index (χ4v) is 1.84. The molecule has 0 atom stereocenters. The quantitative estimate of drug-likeness (QED) is 0.634. The minimum Gasteiger partial charge on any atom is -0.491 e. The lowest BCUT2D eigenvalue weighted by Crippen LogP contribution is -2.03. The van der Waals surface area contributed by atoms with Gasteiger partial charge >= 0.3 is 0 Å². The Morgan fingerprint density at radius 1 is 1.26 bits per heavy atom. The van der Waals surface area contributed by atoms with E-state index in [4.69, 9.17) is 14.6 Å². The third-order valence-electron chi connectivity index (χ3n) is 3.12. The standard InChI is InChI=1S/C10H12INO2.C4H8O/c1-13-8-4-5-9(11)12-10(8)14-6-7-2-3-7;5-3-4-1-2-4/h4-5,7H,2-3,6H2,1H3;4-5H,1-3H2. The van der Waals surface area contributed by atoms with Crippen molar-refractivity contribution in [1.29, 1.82) is 0 Å². The van der Waals surface area contributed by atoms with E-state index in [0.29, 0.717) is 24.2 Å². The molecular formula is C14H20INO3. The van der Waals surface area contributed by atoms with E-state index in [1.54, 1.807) is 7.11 Å². The maximum absolute atomic E-state index is 8.21. The summed E-state index contributed by atoms with van der Waals surface area (Å²) in [6, 6.07) is 3.79. The molecule has 0 amide bonds. The molecule has 1 aromatic heterocycles. The van der Waals surface area contributed by atoms with E-state index in [9.17, 15) is 0 Å². The summed E-state index contributed by atoms with van der Waals surface area (Å²) in [5.74, 6) is 2.76. The first-order valence-corrected chi connectivity index (χ1v) is 7.75. The second-order valence-corrected chi connectivity index (χ2v) is 6.13. The van der Waals surface area contributed by atoms with Crippen molar-refractivity contribution >= 4 is 22.6 Å². The van der Waals surface area contributed by atoms with Gasteiger partial charge in [-0.05, 0) is 72.2 Å². The number of hydrogen-bond acceptors (Lipinski definition) is 4. The summed E-state index contributed by atoms with van der Waals surface area (Å²) >= 11 is 2.16.